The first-order chi connectivity index (χ1) is 3.50. The third-order valence-corrected chi connectivity index (χ3v) is 1.23. The topological polar surface area (TPSA) is 77.8 Å². The predicted octanol–water partition coefficient (Wildman–Crippen LogP) is -0.728. The zero-order valence-corrected chi connectivity index (χ0v) is 4.55. The number of carbonyl (C=O) groups is 1. The molecule has 7 heavy (non-hydrogen) atoms. The van der Waals surface area contributed by atoms with Gasteiger partial charge in [-0.15, -0.1) is 0 Å². The Balaban J connectivity index is 3.91. The van der Waals surface area contributed by atoms with Crippen molar-refractivity contribution in [2.45, 2.75) is 6.92 Å². The van der Waals surface area contributed by atoms with Crippen molar-refractivity contribution in [3.8, 4) is 0 Å². The van der Waals surface area contributed by atoms with Gasteiger partial charge in [0.1, 0.15) is 0 Å². The van der Waals surface area contributed by atoms with Crippen LogP contribution in [0.15, 0.2) is 0 Å². The average Bonchev–Trinajstić information content (AvgIpc) is 1.67. The third-order valence-electron chi connectivity index (χ3n) is 0.410. The lowest BCUT2D eigenvalue weighted by Gasteiger charge is -1.92. The first-order valence-electron chi connectivity index (χ1n) is 1.92. The zero-order valence-electron chi connectivity index (χ0n) is 4.66. The van der Waals surface area contributed by atoms with Crippen LogP contribution in [-0.4, -0.2) is 21.6 Å². The van der Waals surface area contributed by atoms with Crippen molar-refractivity contribution in [1.82, 2.24) is 0 Å². The number of hydrogen-bond donors (Lipinski definition) is 3. The summed E-state index contributed by atoms with van der Waals surface area (Å²) in [5, 5.41) is 0. The van der Waals surface area contributed by atoms with Crippen molar-refractivity contribution in [2.75, 3.05) is 0 Å². The Morgan fingerprint density at radius 2 is 2.29 bits per heavy atom. The molecule has 0 spiro atoms. The van der Waals surface area contributed by atoms with Crippen LogP contribution < -0.4 is 0 Å². The molecule has 0 unspecified atom stereocenters. The van der Waals surface area contributed by atoms with Crippen LogP contribution in [0.2, 0.25) is 0 Å². The monoisotopic (exact) mass is 126 g/mol. The molecule has 0 saturated carbocycles. The van der Waals surface area contributed by atoms with Crippen LogP contribution in [0.5, 0.6) is 0 Å². The Bertz CT molecular complexity index is 102. The molecule has 0 heterocycles. The molecule has 0 rings (SSSR count). The number of hydrogen-bond acceptors (Lipinski definition) is 4. The molecule has 0 aliphatic carbocycles. The highest BCUT2D eigenvalue weighted by Gasteiger charge is 2.37. The molecule has 0 fully saturated rings. The molecule has 0 aromatic heterocycles. The van der Waals surface area contributed by atoms with Crippen LogP contribution in [0.3, 0.4) is 0 Å². The van der Waals surface area contributed by atoms with E-state index in [1.807, 2.05) is 0 Å². The number of rotatable bonds is 2. The van der Waals surface area contributed by atoms with Crippen LogP contribution in [0, 0.1) is 0 Å². The molecule has 0 atom stereocenters. The van der Waals surface area contributed by atoms with E-state index in [4.69, 9.17) is 11.2 Å². The van der Waals surface area contributed by atoms with Gasteiger partial charge in [-0.3, -0.25) is 0 Å². The minimum atomic E-state index is -3.97. The molecule has 0 aliphatic rings. The van der Waals surface area contributed by atoms with E-state index in [-0.39, 0.29) is 0 Å². The van der Waals surface area contributed by atoms with Crippen molar-refractivity contribution in [1.29, 1.82) is 1.43 Å². The fourth-order valence-corrected chi connectivity index (χ4v) is 0. The highest BCUT2D eigenvalue weighted by molar-refractivity contribution is 7.75. The van der Waals surface area contributed by atoms with Gasteiger partial charge in [0.15, 0.2) is 0 Å². The van der Waals surface area contributed by atoms with Gasteiger partial charge in [0, 0.05) is 6.92 Å². The van der Waals surface area contributed by atoms with Crippen molar-refractivity contribution >= 4 is 13.5 Å². The molecule has 4 nitrogen and oxygen atoms in total. The quantitative estimate of drug-likeness (QED) is 0.426. The molecule has 0 bridgehead atoms. The van der Waals surface area contributed by atoms with Crippen LogP contribution >= 0.6 is 7.94 Å². The Kier molecular flexibility index (Phi) is 1.35. The number of carbonyl (C=O) groups excluding carboxylic acids is 1. The van der Waals surface area contributed by atoms with Crippen LogP contribution in [0.25, 0.3) is 0 Å². The second-order valence-corrected chi connectivity index (χ2v) is 2.78. The Morgan fingerprint density at radius 1 is 1.86 bits per heavy atom. The molecular formula is C2H6O4P+. The molecule has 0 saturated heterocycles. The first kappa shape index (κ1) is 5.12. The molecule has 0 radical (unpaired) electrons. The molecule has 0 aromatic rings. The Labute approximate surface area is 42.5 Å². The molecule has 0 aromatic carbocycles. The second-order valence-electron chi connectivity index (χ2n) is 1.06. The normalized spacial score (nSPS) is 13.3. The van der Waals surface area contributed by atoms with Crippen LogP contribution in [0.1, 0.15) is 6.92 Å². The first-order valence-corrected chi connectivity index (χ1v) is 3.12. The maximum atomic E-state index is 10.0. The predicted molar refractivity (Wildman–Crippen MR) is 24.3 cm³/mol. The van der Waals surface area contributed by atoms with Gasteiger partial charge in [0.2, 0.25) is 0 Å². The van der Waals surface area contributed by atoms with E-state index >= 15 is 0 Å². The second kappa shape index (κ2) is 1.84. The third kappa shape index (κ3) is 2.65. The fourth-order valence-electron chi connectivity index (χ4n) is 0. The van der Waals surface area contributed by atoms with Gasteiger partial charge in [0.25, 0.3) is 1.43 Å². The van der Waals surface area contributed by atoms with Gasteiger partial charge in [-0.1, -0.05) is 0 Å². The highest BCUT2D eigenvalue weighted by atomic mass is 31.2. The van der Waals surface area contributed by atoms with E-state index in [0.717, 1.165) is 6.92 Å². The highest BCUT2D eigenvalue weighted by Crippen LogP contribution is 2.44. The largest absolute Gasteiger partial charge is 0.478 e. The Hall–Kier alpha value is -0.0200. The average molecular weight is 126 g/mol. The Morgan fingerprint density at radius 3 is 2.29 bits per heavy atom. The minimum Gasteiger partial charge on any atom is -0.244 e. The SMILES string of the molecule is [2H]O[P+](O)(O)C(C)=O. The van der Waals surface area contributed by atoms with Crippen molar-refractivity contribution in [3.63, 3.8) is 0 Å². The lowest BCUT2D eigenvalue weighted by Crippen LogP contribution is -1.97. The summed E-state index contributed by atoms with van der Waals surface area (Å²) in [4.78, 5) is 29.9. The lowest BCUT2D eigenvalue weighted by atomic mass is 10.9. The lowest BCUT2D eigenvalue weighted by molar-refractivity contribution is -0.112. The van der Waals surface area contributed by atoms with Crippen molar-refractivity contribution < 1.29 is 19.5 Å². The van der Waals surface area contributed by atoms with Gasteiger partial charge in [-0.25, -0.2) is 4.79 Å². The van der Waals surface area contributed by atoms with E-state index in [1.165, 1.54) is 0 Å². The standard InChI is InChI=1S/C2H6O4P/c1-2(3)7(4,5)6/h4-6H,1H3/q+1/i4D. The summed E-state index contributed by atoms with van der Waals surface area (Å²) in [5.74, 6) is 0. The van der Waals surface area contributed by atoms with E-state index in [1.54, 1.807) is 0 Å². The summed E-state index contributed by atoms with van der Waals surface area (Å²) < 4.78 is 5.96. The van der Waals surface area contributed by atoms with Gasteiger partial charge >= 0.3 is 13.5 Å². The maximum Gasteiger partial charge on any atom is 0.478 e. The van der Waals surface area contributed by atoms with Crippen LogP contribution in [-0.2, 0) is 4.79 Å². The maximum absolute atomic E-state index is 10.0. The van der Waals surface area contributed by atoms with Crippen molar-refractivity contribution in [3.05, 3.63) is 0 Å². The molecule has 42 valence electrons. The van der Waals surface area contributed by atoms with Crippen molar-refractivity contribution in [2.24, 2.45) is 0 Å². The molecule has 3 N–H and O–H groups in total. The molecule has 5 heteroatoms. The molecular weight excluding hydrogens is 119 g/mol. The summed E-state index contributed by atoms with van der Waals surface area (Å²) in [7, 11) is -3.97. The van der Waals surface area contributed by atoms with Gasteiger partial charge in [-0.05, 0) is 0 Å². The minimum absolute atomic E-state index is 0.910. The summed E-state index contributed by atoms with van der Waals surface area (Å²) in [6.45, 7) is 0.947. The fraction of sp³-hybridized carbons (Fsp3) is 0.500. The van der Waals surface area contributed by atoms with Crippen LogP contribution in [0.4, 0.5) is 0 Å². The summed E-state index contributed by atoms with van der Waals surface area (Å²) in [6.07, 6.45) is 0. The van der Waals surface area contributed by atoms with E-state index in [2.05, 4.69) is 4.90 Å². The van der Waals surface area contributed by atoms with Gasteiger partial charge in [0.05, 0.1) is 0 Å². The molecule has 0 aliphatic heterocycles. The van der Waals surface area contributed by atoms with Gasteiger partial charge < -0.3 is 0 Å². The van der Waals surface area contributed by atoms with Gasteiger partial charge in [-0.2, -0.15) is 14.7 Å². The smallest absolute Gasteiger partial charge is 0.244 e. The molecule has 0 amide bonds. The summed E-state index contributed by atoms with van der Waals surface area (Å²) >= 11 is 0. The zero-order chi connectivity index (χ0) is 6.78. The summed E-state index contributed by atoms with van der Waals surface area (Å²) in [5.41, 5.74) is -0.910. The van der Waals surface area contributed by atoms with E-state index < -0.39 is 13.5 Å². The van der Waals surface area contributed by atoms with E-state index in [0.29, 0.717) is 0 Å². The van der Waals surface area contributed by atoms with E-state index in [9.17, 15) is 4.79 Å². The summed E-state index contributed by atoms with van der Waals surface area (Å²) in [6, 6.07) is 0.